The molecular weight excluding hydrogens is 224 g/mol. The van der Waals surface area contributed by atoms with E-state index in [1.807, 2.05) is 6.92 Å². The quantitative estimate of drug-likeness (QED) is 0.723. The maximum absolute atomic E-state index is 10.8. The van der Waals surface area contributed by atoms with Gasteiger partial charge in [0.1, 0.15) is 11.6 Å². The molecule has 0 aliphatic carbocycles. The fourth-order valence-electron chi connectivity index (χ4n) is 1.27. The van der Waals surface area contributed by atoms with E-state index in [0.717, 1.165) is 12.8 Å². The van der Waals surface area contributed by atoms with Gasteiger partial charge in [0.05, 0.1) is 0 Å². The Morgan fingerprint density at radius 3 is 1.44 bits per heavy atom. The first-order chi connectivity index (χ1) is 7.87. The summed E-state index contributed by atoms with van der Waals surface area (Å²) >= 11 is 0. The largest absolute Gasteiger partial charge is 0.300 e. The van der Waals surface area contributed by atoms with Crippen molar-refractivity contribution in [1.29, 1.82) is 0 Å². The van der Waals surface area contributed by atoms with E-state index in [1.165, 1.54) is 0 Å². The molecule has 2 heteroatoms. The molecule has 0 bridgehead atoms. The van der Waals surface area contributed by atoms with Crippen LogP contribution in [0, 0.1) is 10.8 Å². The highest BCUT2D eigenvalue weighted by Crippen LogP contribution is 2.20. The van der Waals surface area contributed by atoms with E-state index in [9.17, 15) is 9.59 Å². The third-order valence-corrected chi connectivity index (χ3v) is 2.35. The first kappa shape index (κ1) is 19.7. The highest BCUT2D eigenvalue weighted by molar-refractivity contribution is 5.78. The fraction of sp³-hybridized carbons (Fsp3) is 0.875. The highest BCUT2D eigenvalue weighted by Gasteiger charge is 2.13. The van der Waals surface area contributed by atoms with Crippen LogP contribution in [-0.2, 0) is 9.59 Å². The molecule has 0 saturated carbocycles. The second-order valence-electron chi connectivity index (χ2n) is 7.39. The Hall–Kier alpha value is -0.660. The van der Waals surface area contributed by atoms with Crippen molar-refractivity contribution in [2.24, 2.45) is 10.8 Å². The van der Waals surface area contributed by atoms with E-state index in [0.29, 0.717) is 29.8 Å². The zero-order valence-corrected chi connectivity index (χ0v) is 13.6. The highest BCUT2D eigenvalue weighted by atomic mass is 16.1. The molecule has 0 fully saturated rings. The van der Waals surface area contributed by atoms with Crippen LogP contribution in [0.4, 0.5) is 0 Å². The molecule has 0 heterocycles. The number of hydrogen-bond acceptors (Lipinski definition) is 2. The molecule has 0 unspecified atom stereocenters. The molecule has 0 aliphatic rings. The molecule has 108 valence electrons. The van der Waals surface area contributed by atoms with E-state index in [4.69, 9.17) is 0 Å². The van der Waals surface area contributed by atoms with Gasteiger partial charge in [0.2, 0.25) is 0 Å². The Morgan fingerprint density at radius 1 is 0.889 bits per heavy atom. The molecule has 0 rings (SSSR count). The number of rotatable bonds is 4. The second kappa shape index (κ2) is 8.44. The van der Waals surface area contributed by atoms with Gasteiger partial charge < -0.3 is 4.79 Å². The van der Waals surface area contributed by atoms with Crippen molar-refractivity contribution in [1.82, 2.24) is 0 Å². The molecule has 0 atom stereocenters. The Morgan fingerprint density at radius 2 is 1.33 bits per heavy atom. The first-order valence-corrected chi connectivity index (χ1v) is 6.88. The number of hydrogen-bond donors (Lipinski definition) is 0. The van der Waals surface area contributed by atoms with Crippen LogP contribution in [0.3, 0.4) is 0 Å². The van der Waals surface area contributed by atoms with Crippen LogP contribution in [0.15, 0.2) is 0 Å². The van der Waals surface area contributed by atoms with Crippen molar-refractivity contribution in [3.63, 3.8) is 0 Å². The van der Waals surface area contributed by atoms with Crippen LogP contribution < -0.4 is 0 Å². The van der Waals surface area contributed by atoms with E-state index in [2.05, 4.69) is 41.5 Å². The molecule has 0 radical (unpaired) electrons. The Kier molecular flexibility index (Phi) is 9.23. The van der Waals surface area contributed by atoms with Gasteiger partial charge in [-0.2, -0.15) is 0 Å². The third-order valence-electron chi connectivity index (χ3n) is 2.35. The molecule has 0 saturated heterocycles. The zero-order chi connectivity index (χ0) is 15.0. The van der Waals surface area contributed by atoms with Crippen molar-refractivity contribution in [3.8, 4) is 0 Å². The van der Waals surface area contributed by atoms with Gasteiger partial charge in [-0.3, -0.25) is 4.79 Å². The van der Waals surface area contributed by atoms with Crippen molar-refractivity contribution >= 4 is 11.6 Å². The van der Waals surface area contributed by atoms with Crippen molar-refractivity contribution in [2.75, 3.05) is 0 Å². The topological polar surface area (TPSA) is 34.1 Å². The normalized spacial score (nSPS) is 11.6. The molecule has 0 aromatic rings. The maximum atomic E-state index is 10.8. The van der Waals surface area contributed by atoms with E-state index in [-0.39, 0.29) is 5.41 Å². The van der Waals surface area contributed by atoms with E-state index in [1.54, 1.807) is 6.92 Å². The van der Waals surface area contributed by atoms with Crippen LogP contribution in [-0.4, -0.2) is 11.6 Å². The van der Waals surface area contributed by atoms with Gasteiger partial charge in [-0.15, -0.1) is 0 Å². The molecule has 0 aromatic carbocycles. The lowest BCUT2D eigenvalue weighted by molar-refractivity contribution is -0.120. The fourth-order valence-corrected chi connectivity index (χ4v) is 1.27. The summed E-state index contributed by atoms with van der Waals surface area (Å²) in [4.78, 5) is 21.3. The minimum Gasteiger partial charge on any atom is -0.300 e. The molecule has 2 nitrogen and oxygen atoms in total. The molecule has 0 spiro atoms. The smallest absolute Gasteiger partial charge is 0.133 e. The van der Waals surface area contributed by atoms with Crippen molar-refractivity contribution in [3.05, 3.63) is 0 Å². The number of carbonyl (C=O) groups excluding carboxylic acids is 2. The summed E-state index contributed by atoms with van der Waals surface area (Å²) in [5, 5.41) is 0. The number of ketones is 2. The molecule has 0 aromatic heterocycles. The predicted octanol–water partition coefficient (Wildman–Crippen LogP) is 4.80. The summed E-state index contributed by atoms with van der Waals surface area (Å²) in [7, 11) is 0. The van der Waals surface area contributed by atoms with Crippen molar-refractivity contribution < 1.29 is 9.59 Å². The van der Waals surface area contributed by atoms with Crippen LogP contribution in [0.2, 0.25) is 0 Å². The summed E-state index contributed by atoms with van der Waals surface area (Å²) in [6, 6.07) is 0. The summed E-state index contributed by atoms with van der Waals surface area (Å²) in [5.74, 6) is 0.660. The van der Waals surface area contributed by atoms with Crippen LogP contribution in [0.5, 0.6) is 0 Å². The monoisotopic (exact) mass is 256 g/mol. The lowest BCUT2D eigenvalue weighted by Crippen LogP contribution is -2.11. The van der Waals surface area contributed by atoms with Gasteiger partial charge in [-0.1, -0.05) is 48.5 Å². The summed E-state index contributed by atoms with van der Waals surface area (Å²) in [6.45, 7) is 16.3. The Balaban J connectivity index is 0. The minimum absolute atomic E-state index is 0.174. The average molecular weight is 256 g/mol. The summed E-state index contributed by atoms with van der Waals surface area (Å²) in [6.07, 6.45) is 3.12. The summed E-state index contributed by atoms with van der Waals surface area (Å²) in [5.41, 5.74) is 0.485. The van der Waals surface area contributed by atoms with Gasteiger partial charge >= 0.3 is 0 Å². The van der Waals surface area contributed by atoms with Crippen LogP contribution in [0.25, 0.3) is 0 Å². The Labute approximate surface area is 114 Å². The molecule has 18 heavy (non-hydrogen) atoms. The van der Waals surface area contributed by atoms with Gasteiger partial charge in [0.15, 0.2) is 0 Å². The Bertz CT molecular complexity index is 251. The third kappa shape index (κ3) is 20.7. The van der Waals surface area contributed by atoms with Gasteiger partial charge in [-0.25, -0.2) is 0 Å². The number of carbonyl (C=O) groups is 2. The SMILES string of the molecule is CC(=O)CCC(C)(C)C.CCC(=O)CC(C)(C)C. The average Bonchev–Trinajstić information content (AvgIpc) is 2.12. The lowest BCUT2D eigenvalue weighted by Gasteiger charge is -2.15. The van der Waals surface area contributed by atoms with Crippen LogP contribution >= 0.6 is 0 Å². The predicted molar refractivity (Wildman–Crippen MR) is 78.7 cm³/mol. The standard InChI is InChI=1S/2C8H16O/c1-7(9)5-6-8(2,3)4;1-5-7(9)6-8(2,3)4/h2*5-6H2,1-4H3. The summed E-state index contributed by atoms with van der Waals surface area (Å²) < 4.78 is 0. The molecule has 0 N–H and O–H groups in total. The first-order valence-electron chi connectivity index (χ1n) is 6.88. The maximum Gasteiger partial charge on any atom is 0.133 e. The van der Waals surface area contributed by atoms with E-state index >= 15 is 0 Å². The number of Topliss-reactive ketones (excluding diaryl/α,β-unsaturated/α-hetero) is 2. The van der Waals surface area contributed by atoms with Gasteiger partial charge in [0, 0.05) is 19.3 Å². The van der Waals surface area contributed by atoms with E-state index < -0.39 is 0 Å². The van der Waals surface area contributed by atoms with Gasteiger partial charge in [-0.05, 0) is 24.2 Å². The molecule has 0 amide bonds. The lowest BCUT2D eigenvalue weighted by atomic mass is 9.89. The molecular formula is C16H32O2. The van der Waals surface area contributed by atoms with Gasteiger partial charge in [0.25, 0.3) is 0 Å². The van der Waals surface area contributed by atoms with Crippen LogP contribution in [0.1, 0.15) is 81.1 Å². The zero-order valence-electron chi connectivity index (χ0n) is 13.6. The van der Waals surface area contributed by atoms with Crippen molar-refractivity contribution in [2.45, 2.75) is 81.1 Å². The molecule has 0 aliphatic heterocycles. The minimum atomic E-state index is 0.174. The second-order valence-corrected chi connectivity index (χ2v) is 7.39.